The summed E-state index contributed by atoms with van der Waals surface area (Å²) in [5.41, 5.74) is 1.92. The zero-order valence-corrected chi connectivity index (χ0v) is 18.6. The molecule has 3 aromatic carbocycles. The fourth-order valence-electron chi connectivity index (χ4n) is 4.25. The Hall–Kier alpha value is -4.57. The number of hydrogen-bond acceptors (Lipinski definition) is 8. The van der Waals surface area contributed by atoms with Gasteiger partial charge in [-0.2, -0.15) is 9.78 Å². The molecule has 2 heterocycles. The maximum atomic E-state index is 13.5. The van der Waals surface area contributed by atoms with Crippen molar-refractivity contribution in [3.8, 4) is 16.9 Å². The van der Waals surface area contributed by atoms with Crippen LogP contribution in [0, 0.1) is 10.1 Å². The van der Waals surface area contributed by atoms with Crippen LogP contribution in [-0.4, -0.2) is 52.4 Å². The van der Waals surface area contributed by atoms with Gasteiger partial charge in [0, 0.05) is 35.8 Å². The lowest BCUT2D eigenvalue weighted by atomic mass is 10.0. The molecule has 1 aliphatic rings. The van der Waals surface area contributed by atoms with E-state index >= 15 is 0 Å². The van der Waals surface area contributed by atoms with Crippen molar-refractivity contribution in [3.63, 3.8) is 0 Å². The average molecular weight is 471 g/mol. The second-order valence-electron chi connectivity index (χ2n) is 8.01. The Morgan fingerprint density at radius 1 is 1.03 bits per heavy atom. The minimum Gasteiger partial charge on any atom is -0.411 e. The van der Waals surface area contributed by atoms with E-state index in [4.69, 9.17) is 9.94 Å². The number of ether oxygens (including phenoxy) is 1. The van der Waals surface area contributed by atoms with Gasteiger partial charge >= 0.3 is 0 Å². The number of nitro benzene ring substituents is 1. The van der Waals surface area contributed by atoms with Crippen LogP contribution in [0.2, 0.25) is 0 Å². The summed E-state index contributed by atoms with van der Waals surface area (Å²) >= 11 is 0. The van der Waals surface area contributed by atoms with E-state index in [1.807, 2.05) is 6.07 Å². The molecule has 5 rings (SSSR count). The van der Waals surface area contributed by atoms with E-state index in [1.165, 1.54) is 12.3 Å². The zero-order chi connectivity index (χ0) is 24.4. The van der Waals surface area contributed by atoms with E-state index in [0.29, 0.717) is 53.9 Å². The molecule has 0 amide bonds. The Balaban J connectivity index is 1.77. The van der Waals surface area contributed by atoms with E-state index < -0.39 is 10.5 Å². The van der Waals surface area contributed by atoms with Crippen molar-refractivity contribution < 1.29 is 14.9 Å². The minimum absolute atomic E-state index is 0.0871. The predicted octanol–water partition coefficient (Wildman–Crippen LogP) is 3.61. The highest BCUT2D eigenvalue weighted by molar-refractivity contribution is 5.95. The number of oxime groups is 1. The van der Waals surface area contributed by atoms with Crippen LogP contribution in [0.1, 0.15) is 5.56 Å². The van der Waals surface area contributed by atoms with Crippen molar-refractivity contribution in [1.82, 2.24) is 9.78 Å². The number of benzene rings is 3. The molecule has 1 saturated heterocycles. The molecule has 0 spiro atoms. The first kappa shape index (κ1) is 22.2. The maximum Gasteiger partial charge on any atom is 0.295 e. The molecule has 10 nitrogen and oxygen atoms in total. The van der Waals surface area contributed by atoms with Crippen LogP contribution in [0.5, 0.6) is 0 Å². The van der Waals surface area contributed by atoms with Gasteiger partial charge in [0.15, 0.2) is 0 Å². The molecule has 4 aromatic rings. The fourth-order valence-corrected chi connectivity index (χ4v) is 4.25. The fraction of sp³-hybridized carbons (Fsp3) is 0.160. The lowest BCUT2D eigenvalue weighted by Gasteiger charge is -2.29. The van der Waals surface area contributed by atoms with Gasteiger partial charge in [-0.15, -0.1) is 0 Å². The molecule has 0 unspecified atom stereocenters. The first-order valence-electron chi connectivity index (χ1n) is 11.0. The Labute approximate surface area is 199 Å². The molecular weight excluding hydrogens is 450 g/mol. The summed E-state index contributed by atoms with van der Waals surface area (Å²) in [7, 11) is 0. The van der Waals surface area contributed by atoms with Crippen LogP contribution < -0.4 is 10.5 Å². The highest BCUT2D eigenvalue weighted by Crippen LogP contribution is 2.30. The van der Waals surface area contributed by atoms with Gasteiger partial charge in [-0.25, -0.2) is 0 Å². The van der Waals surface area contributed by atoms with Gasteiger partial charge < -0.3 is 14.8 Å². The second kappa shape index (κ2) is 9.35. The predicted molar refractivity (Wildman–Crippen MR) is 132 cm³/mol. The highest BCUT2D eigenvalue weighted by Gasteiger charge is 2.23. The van der Waals surface area contributed by atoms with Crippen molar-refractivity contribution in [2.24, 2.45) is 5.16 Å². The Morgan fingerprint density at radius 2 is 1.80 bits per heavy atom. The van der Waals surface area contributed by atoms with E-state index in [2.05, 4.69) is 15.2 Å². The monoisotopic (exact) mass is 471 g/mol. The number of aromatic nitrogens is 2. The summed E-state index contributed by atoms with van der Waals surface area (Å²) in [6.07, 6.45) is 1.29. The number of anilines is 1. The van der Waals surface area contributed by atoms with Crippen LogP contribution in [0.25, 0.3) is 27.7 Å². The molecule has 35 heavy (non-hydrogen) atoms. The molecular formula is C25H21N5O5. The van der Waals surface area contributed by atoms with Crippen LogP contribution in [0.3, 0.4) is 0 Å². The smallest absolute Gasteiger partial charge is 0.295 e. The third-order valence-electron chi connectivity index (χ3n) is 5.93. The Kier molecular flexibility index (Phi) is 5.94. The number of fused-ring (bicyclic) bond motifs is 1. The molecule has 0 aliphatic carbocycles. The van der Waals surface area contributed by atoms with E-state index in [-0.39, 0.29) is 11.4 Å². The molecule has 1 fully saturated rings. The molecule has 0 atom stereocenters. The van der Waals surface area contributed by atoms with Crippen molar-refractivity contribution in [2.45, 2.75) is 0 Å². The number of rotatable bonds is 5. The summed E-state index contributed by atoms with van der Waals surface area (Å²) in [6, 6.07) is 18.8. The zero-order valence-electron chi connectivity index (χ0n) is 18.6. The molecule has 0 saturated carbocycles. The molecule has 0 radical (unpaired) electrons. The molecule has 176 valence electrons. The van der Waals surface area contributed by atoms with Gasteiger partial charge in [0.05, 0.1) is 35.4 Å². The van der Waals surface area contributed by atoms with Crippen LogP contribution in [-0.2, 0) is 4.74 Å². The highest BCUT2D eigenvalue weighted by atomic mass is 16.6. The summed E-state index contributed by atoms with van der Waals surface area (Å²) < 4.78 is 6.52. The third-order valence-corrected chi connectivity index (χ3v) is 5.93. The van der Waals surface area contributed by atoms with Crippen molar-refractivity contribution in [2.75, 3.05) is 31.2 Å². The van der Waals surface area contributed by atoms with Crippen molar-refractivity contribution in [1.29, 1.82) is 0 Å². The van der Waals surface area contributed by atoms with E-state index in [0.717, 1.165) is 10.4 Å². The van der Waals surface area contributed by atoms with Crippen molar-refractivity contribution >= 4 is 28.4 Å². The van der Waals surface area contributed by atoms with E-state index in [9.17, 15) is 14.9 Å². The topological polar surface area (TPSA) is 123 Å². The molecule has 1 aliphatic heterocycles. The SMILES string of the molecule is O=c1c2ccccc2c(-c2cccc(/C=N/O)c2)nn1-c1cc(N2CCOCC2)ccc1[N+](=O)[O-]. The Bertz CT molecular complexity index is 1510. The molecule has 1 aromatic heterocycles. The lowest BCUT2D eigenvalue weighted by molar-refractivity contribution is -0.384. The van der Waals surface area contributed by atoms with Gasteiger partial charge in [-0.05, 0) is 29.8 Å². The van der Waals surface area contributed by atoms with E-state index in [1.54, 1.807) is 54.6 Å². The van der Waals surface area contributed by atoms with Gasteiger partial charge in [-0.3, -0.25) is 14.9 Å². The summed E-state index contributed by atoms with van der Waals surface area (Å²) in [4.78, 5) is 27.0. The largest absolute Gasteiger partial charge is 0.411 e. The van der Waals surface area contributed by atoms with Gasteiger partial charge in [-0.1, -0.05) is 41.6 Å². The molecule has 0 bridgehead atoms. The number of nitrogens with zero attached hydrogens (tertiary/aromatic N) is 5. The summed E-state index contributed by atoms with van der Waals surface area (Å²) in [6.45, 7) is 2.39. The first-order valence-corrected chi connectivity index (χ1v) is 11.0. The normalized spacial score (nSPS) is 14.0. The van der Waals surface area contributed by atoms with Crippen LogP contribution in [0.15, 0.2) is 76.7 Å². The number of nitro groups is 1. The number of hydrogen-bond donors (Lipinski definition) is 1. The second-order valence-corrected chi connectivity index (χ2v) is 8.01. The Morgan fingerprint density at radius 3 is 2.54 bits per heavy atom. The molecule has 10 heteroatoms. The number of morpholine rings is 1. The average Bonchev–Trinajstić information content (AvgIpc) is 2.89. The standard InChI is InChI=1S/C25H21N5O5/c31-25-21-7-2-1-6-20(21)24(18-5-3-4-17(14-18)16-26-32)27-29(25)23-15-19(8-9-22(23)30(33)34)28-10-12-35-13-11-28/h1-9,14-16,32H,10-13H2/b26-16+. The van der Waals surface area contributed by atoms with Gasteiger partial charge in [0.25, 0.3) is 11.2 Å². The van der Waals surface area contributed by atoms with Crippen LogP contribution in [0.4, 0.5) is 11.4 Å². The lowest BCUT2D eigenvalue weighted by Crippen LogP contribution is -2.36. The first-order chi connectivity index (χ1) is 17.1. The quantitative estimate of drug-likeness (QED) is 0.204. The summed E-state index contributed by atoms with van der Waals surface area (Å²) in [5, 5.41) is 29.5. The molecule has 1 N–H and O–H groups in total. The summed E-state index contributed by atoms with van der Waals surface area (Å²) in [5.74, 6) is 0. The van der Waals surface area contributed by atoms with Crippen LogP contribution >= 0.6 is 0 Å². The van der Waals surface area contributed by atoms with Gasteiger partial charge in [0.1, 0.15) is 5.69 Å². The maximum absolute atomic E-state index is 13.5. The van der Waals surface area contributed by atoms with Gasteiger partial charge in [0.2, 0.25) is 0 Å². The third kappa shape index (κ3) is 4.22. The van der Waals surface area contributed by atoms with Crippen molar-refractivity contribution in [3.05, 3.63) is 92.8 Å². The minimum atomic E-state index is -0.514.